The summed E-state index contributed by atoms with van der Waals surface area (Å²) in [5.74, 6) is -0.396. The number of fused-ring (bicyclic) bond motifs is 1. The lowest BCUT2D eigenvalue weighted by molar-refractivity contribution is 0.560. The fraction of sp³-hybridized carbons (Fsp3) is 0.0625. The van der Waals surface area contributed by atoms with Gasteiger partial charge in [-0.3, -0.25) is 0 Å². The summed E-state index contributed by atoms with van der Waals surface area (Å²) in [6, 6.07) is 8.85. The molecule has 5 heteroatoms. The number of hydrogen-bond donors (Lipinski definition) is 0. The zero-order valence-electron chi connectivity index (χ0n) is 10.9. The summed E-state index contributed by atoms with van der Waals surface area (Å²) in [5, 5.41) is 1.35. The molecule has 1 aromatic heterocycles. The van der Waals surface area contributed by atoms with Crippen molar-refractivity contribution in [2.75, 3.05) is 0 Å². The molecule has 0 unspecified atom stereocenters. The number of hydrogen-bond acceptors (Lipinski definition) is 2. The molecule has 3 rings (SSSR count). The van der Waals surface area contributed by atoms with Crippen molar-refractivity contribution in [1.82, 2.24) is 0 Å². The second-order valence-electron chi connectivity index (χ2n) is 4.65. The van der Waals surface area contributed by atoms with Crippen molar-refractivity contribution in [2.45, 2.75) is 6.92 Å². The summed E-state index contributed by atoms with van der Waals surface area (Å²) >= 11 is 12.0. The summed E-state index contributed by atoms with van der Waals surface area (Å²) in [6.07, 6.45) is 0. The maximum Gasteiger partial charge on any atom is 0.344 e. The quantitative estimate of drug-likeness (QED) is 0.575. The number of aryl methyl sites for hydroxylation is 1. The monoisotopic (exact) mass is 322 g/mol. The van der Waals surface area contributed by atoms with Gasteiger partial charge < -0.3 is 4.42 Å². The molecule has 0 fully saturated rings. The molecule has 0 atom stereocenters. The zero-order chi connectivity index (χ0) is 15.1. The topological polar surface area (TPSA) is 30.2 Å². The van der Waals surface area contributed by atoms with Crippen LogP contribution in [0.1, 0.15) is 5.56 Å². The second kappa shape index (κ2) is 5.17. The SMILES string of the molecule is Cc1c(-c2ccc(Cl)cc2Cl)c(=O)oc2ccc(F)cc12. The minimum absolute atomic E-state index is 0.315. The van der Waals surface area contributed by atoms with Crippen molar-refractivity contribution in [3.8, 4) is 11.1 Å². The molecule has 0 spiro atoms. The Bertz CT molecular complexity index is 916. The molecule has 2 nitrogen and oxygen atoms in total. The third-order valence-corrected chi connectivity index (χ3v) is 3.88. The smallest absolute Gasteiger partial charge is 0.344 e. The van der Waals surface area contributed by atoms with Gasteiger partial charge in [0.2, 0.25) is 0 Å². The Morgan fingerprint density at radius 3 is 2.57 bits per heavy atom. The van der Waals surface area contributed by atoms with Crippen LogP contribution >= 0.6 is 23.2 Å². The number of halogens is 3. The van der Waals surface area contributed by atoms with E-state index in [0.717, 1.165) is 0 Å². The predicted molar refractivity (Wildman–Crippen MR) is 82.6 cm³/mol. The first kappa shape index (κ1) is 14.1. The van der Waals surface area contributed by atoms with Gasteiger partial charge >= 0.3 is 5.63 Å². The highest BCUT2D eigenvalue weighted by Crippen LogP contribution is 2.33. The normalized spacial score (nSPS) is 11.0. The fourth-order valence-electron chi connectivity index (χ4n) is 2.33. The van der Waals surface area contributed by atoms with Crippen molar-refractivity contribution in [1.29, 1.82) is 0 Å². The third-order valence-electron chi connectivity index (χ3n) is 3.33. The highest BCUT2D eigenvalue weighted by molar-refractivity contribution is 6.36. The Morgan fingerprint density at radius 2 is 1.86 bits per heavy atom. The predicted octanol–water partition coefficient (Wildman–Crippen LogP) is 5.21. The van der Waals surface area contributed by atoms with Crippen molar-refractivity contribution >= 4 is 34.2 Å². The summed E-state index contributed by atoms with van der Waals surface area (Å²) in [7, 11) is 0. The van der Waals surface area contributed by atoms with Crippen molar-refractivity contribution in [3.05, 3.63) is 68.2 Å². The first-order valence-corrected chi connectivity index (χ1v) is 6.91. The molecule has 0 aliphatic heterocycles. The van der Waals surface area contributed by atoms with E-state index in [2.05, 4.69) is 0 Å². The van der Waals surface area contributed by atoms with E-state index in [1.165, 1.54) is 18.2 Å². The molecule has 106 valence electrons. The fourth-order valence-corrected chi connectivity index (χ4v) is 2.83. The first-order chi connectivity index (χ1) is 9.97. The van der Waals surface area contributed by atoms with Gasteiger partial charge in [0.15, 0.2) is 0 Å². The van der Waals surface area contributed by atoms with Crippen molar-refractivity contribution in [2.24, 2.45) is 0 Å². The van der Waals surface area contributed by atoms with E-state index in [1.807, 2.05) is 0 Å². The van der Waals surface area contributed by atoms with Crippen LogP contribution in [0.4, 0.5) is 4.39 Å². The largest absolute Gasteiger partial charge is 0.422 e. The zero-order valence-corrected chi connectivity index (χ0v) is 12.4. The van der Waals surface area contributed by atoms with Gasteiger partial charge in [0, 0.05) is 16.0 Å². The third kappa shape index (κ3) is 2.43. The molecule has 21 heavy (non-hydrogen) atoms. The Hall–Kier alpha value is -1.84. The Labute approximate surface area is 129 Å². The van der Waals surface area contributed by atoms with E-state index in [-0.39, 0.29) is 0 Å². The molecule has 0 bridgehead atoms. The molecule has 0 radical (unpaired) electrons. The van der Waals surface area contributed by atoms with Crippen LogP contribution in [0.15, 0.2) is 45.6 Å². The van der Waals surface area contributed by atoms with Crippen molar-refractivity contribution < 1.29 is 8.81 Å². The van der Waals surface area contributed by atoms with Crippen LogP contribution in [0, 0.1) is 12.7 Å². The molecule has 0 amide bonds. The molecule has 2 aromatic carbocycles. The Balaban J connectivity index is 2.39. The lowest BCUT2D eigenvalue weighted by Gasteiger charge is -2.09. The van der Waals surface area contributed by atoms with Gasteiger partial charge in [-0.25, -0.2) is 9.18 Å². The van der Waals surface area contributed by atoms with E-state index >= 15 is 0 Å². The summed E-state index contributed by atoms with van der Waals surface area (Å²) in [5.41, 5.74) is 1.27. The summed E-state index contributed by atoms with van der Waals surface area (Å²) < 4.78 is 18.7. The summed E-state index contributed by atoms with van der Waals surface area (Å²) in [4.78, 5) is 12.2. The number of benzene rings is 2. The van der Waals surface area contributed by atoms with Gasteiger partial charge in [0.05, 0.1) is 10.6 Å². The Morgan fingerprint density at radius 1 is 1.10 bits per heavy atom. The minimum Gasteiger partial charge on any atom is -0.422 e. The minimum atomic E-state index is -0.518. The van der Waals surface area contributed by atoms with Crippen LogP contribution in [0.5, 0.6) is 0 Å². The average Bonchev–Trinajstić information content (AvgIpc) is 2.42. The average molecular weight is 323 g/mol. The second-order valence-corrected chi connectivity index (χ2v) is 5.50. The summed E-state index contributed by atoms with van der Waals surface area (Å²) in [6.45, 7) is 1.74. The van der Waals surface area contributed by atoms with E-state index in [4.69, 9.17) is 27.6 Å². The molecule has 1 heterocycles. The molecule has 0 N–H and O–H groups in total. The van der Waals surface area contributed by atoms with Gasteiger partial charge in [-0.1, -0.05) is 29.3 Å². The maximum absolute atomic E-state index is 13.4. The van der Waals surface area contributed by atoms with Crippen LogP contribution in [-0.4, -0.2) is 0 Å². The number of rotatable bonds is 1. The van der Waals surface area contributed by atoms with Gasteiger partial charge in [0.1, 0.15) is 11.4 Å². The van der Waals surface area contributed by atoms with Crippen LogP contribution < -0.4 is 5.63 Å². The molecule has 0 aliphatic rings. The van der Waals surface area contributed by atoms with Crippen LogP contribution in [0.3, 0.4) is 0 Å². The van der Waals surface area contributed by atoms with Gasteiger partial charge in [-0.05, 0) is 42.8 Å². The molecular weight excluding hydrogens is 314 g/mol. The van der Waals surface area contributed by atoms with E-state index in [1.54, 1.807) is 25.1 Å². The van der Waals surface area contributed by atoms with Gasteiger partial charge in [0.25, 0.3) is 0 Å². The Kier molecular flexibility index (Phi) is 3.47. The van der Waals surface area contributed by atoms with E-state index in [9.17, 15) is 9.18 Å². The lowest BCUT2D eigenvalue weighted by Crippen LogP contribution is -2.06. The molecule has 3 aromatic rings. The maximum atomic E-state index is 13.4. The lowest BCUT2D eigenvalue weighted by atomic mass is 9.99. The standard InChI is InChI=1S/C16H9Cl2FO2/c1-8-12-7-10(19)3-5-14(12)21-16(20)15(8)11-4-2-9(17)6-13(11)18/h2-7H,1H3. The van der Waals surface area contributed by atoms with E-state index in [0.29, 0.717) is 37.7 Å². The van der Waals surface area contributed by atoms with Gasteiger partial charge in [-0.2, -0.15) is 0 Å². The van der Waals surface area contributed by atoms with Crippen LogP contribution in [0.25, 0.3) is 22.1 Å². The molecule has 0 saturated heterocycles. The highest BCUT2D eigenvalue weighted by Gasteiger charge is 2.16. The van der Waals surface area contributed by atoms with Gasteiger partial charge in [-0.15, -0.1) is 0 Å². The molecule has 0 aliphatic carbocycles. The van der Waals surface area contributed by atoms with Crippen LogP contribution in [0.2, 0.25) is 10.0 Å². The molecule has 0 saturated carbocycles. The van der Waals surface area contributed by atoms with E-state index < -0.39 is 11.4 Å². The van der Waals surface area contributed by atoms with Crippen LogP contribution in [-0.2, 0) is 0 Å². The first-order valence-electron chi connectivity index (χ1n) is 6.16. The molecular formula is C16H9Cl2FO2. The highest BCUT2D eigenvalue weighted by atomic mass is 35.5. The van der Waals surface area contributed by atoms with Crippen molar-refractivity contribution in [3.63, 3.8) is 0 Å².